The van der Waals surface area contributed by atoms with Crippen LogP contribution in [0, 0.1) is 0 Å². The molecule has 0 atom stereocenters. The molecule has 0 bridgehead atoms. The van der Waals surface area contributed by atoms with Gasteiger partial charge in [0.15, 0.2) is 0 Å². The molecule has 0 aliphatic carbocycles. The number of furan rings is 1. The minimum atomic E-state index is -1.11. The van der Waals surface area contributed by atoms with Crippen LogP contribution in [0.2, 0.25) is 0 Å². The summed E-state index contributed by atoms with van der Waals surface area (Å²) in [7, 11) is 0. The van der Waals surface area contributed by atoms with Gasteiger partial charge in [-0.2, -0.15) is 0 Å². The molecular weight excluding hydrogens is 488 g/mol. The average molecular weight is 529 g/mol. The summed E-state index contributed by atoms with van der Waals surface area (Å²) in [6, 6.07) is -0.293. The normalized spacial score (nSPS) is 17.2. The molecule has 0 amide bonds. The predicted octanol–water partition coefficient (Wildman–Crippen LogP) is 10.6. The van der Waals surface area contributed by atoms with Crippen LogP contribution in [-0.4, -0.2) is 5.11 Å². The highest BCUT2D eigenvalue weighted by Gasteiger charge is 2.18. The van der Waals surface area contributed by atoms with Crippen LogP contribution < -0.4 is 0 Å². The Balaban J connectivity index is 1.63. The van der Waals surface area contributed by atoms with Gasteiger partial charge in [0.05, 0.1) is 21.9 Å². The van der Waals surface area contributed by atoms with Crippen molar-refractivity contribution in [3.8, 4) is 39.1 Å². The van der Waals surface area contributed by atoms with Gasteiger partial charge in [-0.3, -0.25) is 0 Å². The fourth-order valence-electron chi connectivity index (χ4n) is 5.12. The number of para-hydroxylation sites is 1. The molecule has 0 unspecified atom stereocenters. The number of hydrogen-bond acceptors (Lipinski definition) is 2. The summed E-state index contributed by atoms with van der Waals surface area (Å²) in [5.41, 5.74) is -1.25. The Labute approximate surface area is 253 Å². The summed E-state index contributed by atoms with van der Waals surface area (Å²) >= 11 is 0. The first-order valence-electron chi connectivity index (χ1n) is 20.2. The maximum Gasteiger partial charge on any atom is 0.135 e. The Morgan fingerprint density at radius 3 is 1.80 bits per heavy atom. The number of phenols is 1. The van der Waals surface area contributed by atoms with E-state index in [4.69, 9.17) is 18.1 Å². The van der Waals surface area contributed by atoms with E-state index in [-0.39, 0.29) is 32.7 Å². The maximum atomic E-state index is 11.6. The second-order valence-electron chi connectivity index (χ2n) is 9.03. The summed E-state index contributed by atoms with van der Waals surface area (Å²) in [6.45, 7) is 0. The SMILES string of the molecule is [2H]c1c([2H])c([2H])c(-c2c([2H])c([2H])c(-c3c4c([2H])c([2H])c([2H])c([2H])c4c(-c4ccc5oc6ccccc6c5c4)c4c([2H])c([2H])c([2H])c([2H])c34)c([2H])c2O)c([2H])c1[2H]. The van der Waals surface area contributed by atoms with Crippen molar-refractivity contribution in [1.29, 1.82) is 0 Å². The Morgan fingerprint density at radius 2 is 1.10 bits per heavy atom. The molecule has 0 aliphatic heterocycles. The molecule has 40 heavy (non-hydrogen) atoms. The minimum Gasteiger partial charge on any atom is -0.507 e. The fourth-order valence-corrected chi connectivity index (χ4v) is 5.12. The molecule has 188 valence electrons. The Kier molecular flexibility index (Phi) is 2.62. The van der Waals surface area contributed by atoms with Gasteiger partial charge in [0, 0.05) is 16.3 Å². The van der Waals surface area contributed by atoms with Crippen molar-refractivity contribution in [2.45, 2.75) is 0 Å². The summed E-state index contributed by atoms with van der Waals surface area (Å²) in [4.78, 5) is 0. The number of fused-ring (bicyclic) bond motifs is 5. The molecule has 1 aromatic heterocycles. The van der Waals surface area contributed by atoms with E-state index >= 15 is 0 Å². The lowest BCUT2D eigenvalue weighted by Crippen LogP contribution is -1.91. The van der Waals surface area contributed by atoms with Gasteiger partial charge in [-0.05, 0) is 73.6 Å². The summed E-state index contributed by atoms with van der Waals surface area (Å²) in [5.74, 6) is -1.11. The first-order chi connectivity index (χ1) is 26.4. The predicted molar refractivity (Wildman–Crippen MR) is 167 cm³/mol. The van der Waals surface area contributed by atoms with Crippen LogP contribution in [0.25, 0.3) is 76.9 Å². The van der Waals surface area contributed by atoms with Crippen molar-refractivity contribution in [1.82, 2.24) is 0 Å². The summed E-state index contributed by atoms with van der Waals surface area (Å²) in [6.07, 6.45) is 0. The smallest absolute Gasteiger partial charge is 0.135 e. The Morgan fingerprint density at radius 1 is 0.500 bits per heavy atom. The highest BCUT2D eigenvalue weighted by atomic mass is 16.3. The zero-order valence-corrected chi connectivity index (χ0v) is 20.4. The van der Waals surface area contributed by atoms with Gasteiger partial charge >= 0.3 is 0 Å². The van der Waals surface area contributed by atoms with Gasteiger partial charge in [0.2, 0.25) is 0 Å². The van der Waals surface area contributed by atoms with Crippen LogP contribution in [0.4, 0.5) is 0 Å². The number of aromatic hydroxyl groups is 1. The van der Waals surface area contributed by atoms with Gasteiger partial charge < -0.3 is 9.52 Å². The van der Waals surface area contributed by atoms with E-state index in [2.05, 4.69) is 0 Å². The standard InChI is InChI=1S/C38H24O2/c39-34-23-26(18-20-27(34)24-10-2-1-3-11-24)38-31-15-6-4-13-29(31)37(30-14-5-7-16-32(30)38)25-19-21-36-33(22-25)28-12-8-9-17-35(28)40-36/h1-23,39H/i1D,2D,3D,4D,5D,6D,7D,10D,11D,13D,14D,15D,16D,18D,20D,23D. The second-order valence-corrected chi connectivity index (χ2v) is 9.03. The van der Waals surface area contributed by atoms with Crippen LogP contribution >= 0.6 is 0 Å². The van der Waals surface area contributed by atoms with Crippen molar-refractivity contribution in [3.63, 3.8) is 0 Å². The highest BCUT2D eigenvalue weighted by molar-refractivity contribution is 6.22. The molecule has 8 aromatic rings. The molecule has 1 heterocycles. The van der Waals surface area contributed by atoms with Crippen LogP contribution in [-0.2, 0) is 0 Å². The quantitative estimate of drug-likeness (QED) is 0.231. The van der Waals surface area contributed by atoms with Crippen molar-refractivity contribution in [3.05, 3.63) is 139 Å². The zero-order valence-electron chi connectivity index (χ0n) is 36.4. The second kappa shape index (κ2) is 8.86. The first kappa shape index (κ1) is 11.8. The fraction of sp³-hybridized carbons (Fsp3) is 0. The Hall–Kier alpha value is -5.34. The molecule has 0 saturated carbocycles. The minimum absolute atomic E-state index is 0.0194. The highest BCUT2D eigenvalue weighted by Crippen LogP contribution is 2.45. The molecule has 2 nitrogen and oxygen atoms in total. The van der Waals surface area contributed by atoms with Crippen molar-refractivity contribution < 1.29 is 31.5 Å². The third-order valence-corrected chi connectivity index (χ3v) is 6.83. The van der Waals surface area contributed by atoms with Crippen LogP contribution in [0.15, 0.2) is 144 Å². The van der Waals surface area contributed by atoms with Gasteiger partial charge in [-0.1, -0.05) is 115 Å². The molecule has 2 heteroatoms. The topological polar surface area (TPSA) is 33.4 Å². The van der Waals surface area contributed by atoms with E-state index in [1.54, 1.807) is 36.4 Å². The largest absolute Gasteiger partial charge is 0.507 e. The zero-order chi connectivity index (χ0) is 40.6. The molecule has 0 fully saturated rings. The number of rotatable bonds is 3. The van der Waals surface area contributed by atoms with Gasteiger partial charge in [0.25, 0.3) is 0 Å². The monoisotopic (exact) mass is 528 g/mol. The van der Waals surface area contributed by atoms with E-state index in [0.717, 1.165) is 0 Å². The maximum absolute atomic E-state index is 11.6. The summed E-state index contributed by atoms with van der Waals surface area (Å²) in [5, 5.41) is 11.7. The molecule has 0 aliphatic rings. The third kappa shape index (κ3) is 3.43. The molecule has 7 aromatic carbocycles. The molecule has 0 saturated heterocycles. The Bertz CT molecular complexity index is 2980. The van der Waals surface area contributed by atoms with Gasteiger partial charge in [-0.15, -0.1) is 0 Å². The molecule has 1 N–H and O–H groups in total. The number of hydrogen-bond donors (Lipinski definition) is 1. The number of phenolic OH excluding ortho intramolecular Hbond substituents is 1. The molecule has 8 rings (SSSR count). The van der Waals surface area contributed by atoms with Crippen LogP contribution in [0.5, 0.6) is 5.75 Å². The first-order valence-corrected chi connectivity index (χ1v) is 12.2. The summed E-state index contributed by atoms with van der Waals surface area (Å²) < 4.78 is 146. The van der Waals surface area contributed by atoms with Gasteiger partial charge in [-0.25, -0.2) is 0 Å². The lowest BCUT2D eigenvalue weighted by Gasteiger charge is -2.18. The molecule has 0 radical (unpaired) electrons. The molecular formula is C38H24O2. The lowest BCUT2D eigenvalue weighted by molar-refractivity contribution is 0.477. The third-order valence-electron chi connectivity index (χ3n) is 6.83. The molecule has 0 spiro atoms. The van der Waals surface area contributed by atoms with Gasteiger partial charge in [0.1, 0.15) is 16.9 Å². The van der Waals surface area contributed by atoms with Crippen molar-refractivity contribution >= 4 is 43.5 Å². The van der Waals surface area contributed by atoms with Crippen LogP contribution in [0.3, 0.4) is 0 Å². The lowest BCUT2D eigenvalue weighted by atomic mass is 9.85. The van der Waals surface area contributed by atoms with E-state index in [0.29, 0.717) is 21.9 Å². The average Bonchev–Trinajstić information content (AvgIpc) is 3.56. The van der Waals surface area contributed by atoms with Crippen molar-refractivity contribution in [2.24, 2.45) is 0 Å². The number of benzene rings is 7. The van der Waals surface area contributed by atoms with E-state index in [1.807, 2.05) is 6.07 Å². The van der Waals surface area contributed by atoms with Crippen LogP contribution in [0.1, 0.15) is 21.9 Å². The van der Waals surface area contributed by atoms with E-state index < -0.39 is 125 Å². The van der Waals surface area contributed by atoms with Crippen molar-refractivity contribution in [2.75, 3.05) is 0 Å². The van der Waals surface area contributed by atoms with E-state index in [9.17, 15) is 13.3 Å². The van der Waals surface area contributed by atoms with E-state index in [1.165, 1.54) is 0 Å².